The molecule has 4 aromatic rings. The highest BCUT2D eigenvalue weighted by Crippen LogP contribution is 2.59. The number of carbonyl (C=O) groups excluding carboxylic acids is 2. The normalized spacial score (nSPS) is 19.5. The second kappa shape index (κ2) is 9.92. The predicted molar refractivity (Wildman–Crippen MR) is 147 cm³/mol. The molecule has 5 heterocycles. The van der Waals surface area contributed by atoms with Gasteiger partial charge in [-0.15, -0.1) is 0 Å². The Bertz CT molecular complexity index is 1830. The molecule has 3 unspecified atom stereocenters. The molecule has 15 heteroatoms. The lowest BCUT2D eigenvalue weighted by molar-refractivity contribution is -0.120. The molecule has 1 N–H and O–H groups in total. The summed E-state index contributed by atoms with van der Waals surface area (Å²) in [7, 11) is 1.44. The molecule has 1 aliphatic carbocycles. The summed E-state index contributed by atoms with van der Waals surface area (Å²) in [6, 6.07) is 2.56. The summed E-state index contributed by atoms with van der Waals surface area (Å²) < 4.78 is 30.4. The second-order valence-corrected chi connectivity index (χ2v) is 10.6. The van der Waals surface area contributed by atoms with E-state index in [0.717, 1.165) is 9.13 Å². The van der Waals surface area contributed by atoms with Crippen molar-refractivity contribution >= 4 is 34.5 Å². The van der Waals surface area contributed by atoms with Gasteiger partial charge in [0.2, 0.25) is 5.91 Å². The van der Waals surface area contributed by atoms with Crippen LogP contribution in [0.1, 0.15) is 26.3 Å². The third-order valence-corrected chi connectivity index (χ3v) is 8.04. The maximum absolute atomic E-state index is 13.5. The molecular formula is C27H27F2N9O4. The van der Waals surface area contributed by atoms with E-state index in [1.165, 1.54) is 30.3 Å². The van der Waals surface area contributed by atoms with Crippen molar-refractivity contribution < 1.29 is 18.4 Å². The van der Waals surface area contributed by atoms with Crippen LogP contribution in [0.3, 0.4) is 0 Å². The standard InChI is InChI=1S/C27H27F2N9O4/c1-4-16(39)10-37-25(41)22-23(35(3)26(37)42)32-13-38(22)14(2)24(40)34-20-9-30-8-19(33-20)15-5-6-21(31-7-15)36-11-17-18(12-36)27(17,28)29/h5-9,13-14,17-18H,4,10-12H2,1-3H3,(H,33,34,40). The lowest BCUT2D eigenvalue weighted by Crippen LogP contribution is -2.41. The minimum atomic E-state index is -2.56. The number of anilines is 2. The molecule has 13 nitrogen and oxygen atoms in total. The summed E-state index contributed by atoms with van der Waals surface area (Å²) in [6.07, 6.45) is 5.90. The third kappa shape index (κ3) is 4.44. The smallest absolute Gasteiger partial charge is 0.332 e. The van der Waals surface area contributed by atoms with E-state index < -0.39 is 41.0 Å². The van der Waals surface area contributed by atoms with Crippen LogP contribution >= 0.6 is 0 Å². The van der Waals surface area contributed by atoms with Gasteiger partial charge in [-0.1, -0.05) is 6.92 Å². The molecule has 3 atom stereocenters. The molecule has 6 rings (SSSR count). The van der Waals surface area contributed by atoms with Crippen molar-refractivity contribution in [1.29, 1.82) is 0 Å². The minimum Gasteiger partial charge on any atom is -0.356 e. The van der Waals surface area contributed by atoms with Crippen LogP contribution < -0.4 is 21.5 Å². The number of nitrogens with one attached hydrogen (secondary N) is 1. The number of alkyl halides is 2. The van der Waals surface area contributed by atoms with Crippen LogP contribution in [0.25, 0.3) is 22.4 Å². The average Bonchev–Trinajstić information content (AvgIpc) is 3.41. The Morgan fingerprint density at radius 3 is 2.52 bits per heavy atom. The van der Waals surface area contributed by atoms with Gasteiger partial charge in [-0.2, -0.15) is 0 Å². The van der Waals surface area contributed by atoms with Crippen molar-refractivity contribution in [2.45, 2.75) is 38.8 Å². The van der Waals surface area contributed by atoms with Crippen molar-refractivity contribution in [2.75, 3.05) is 23.3 Å². The molecule has 218 valence electrons. The Labute approximate surface area is 236 Å². The first-order valence-corrected chi connectivity index (χ1v) is 13.4. The van der Waals surface area contributed by atoms with E-state index in [1.54, 1.807) is 32.2 Å². The maximum atomic E-state index is 13.5. The number of ketones is 1. The maximum Gasteiger partial charge on any atom is 0.332 e. The molecule has 42 heavy (non-hydrogen) atoms. The van der Waals surface area contributed by atoms with Gasteiger partial charge in [0.25, 0.3) is 11.5 Å². The molecule has 0 spiro atoms. The van der Waals surface area contributed by atoms with Crippen molar-refractivity contribution in [3.05, 3.63) is 57.9 Å². The molecule has 0 radical (unpaired) electrons. The molecular weight excluding hydrogens is 552 g/mol. The highest BCUT2D eigenvalue weighted by Gasteiger charge is 2.71. The van der Waals surface area contributed by atoms with Gasteiger partial charge in [0.1, 0.15) is 11.9 Å². The number of amides is 1. The van der Waals surface area contributed by atoms with Gasteiger partial charge in [-0.3, -0.25) is 28.5 Å². The van der Waals surface area contributed by atoms with Crippen LogP contribution in [0.4, 0.5) is 20.4 Å². The molecule has 1 saturated carbocycles. The topological polar surface area (TPSA) is 150 Å². The van der Waals surface area contributed by atoms with Gasteiger partial charge in [0.15, 0.2) is 22.8 Å². The van der Waals surface area contributed by atoms with Crippen LogP contribution in [-0.2, 0) is 23.2 Å². The highest BCUT2D eigenvalue weighted by atomic mass is 19.3. The van der Waals surface area contributed by atoms with Gasteiger partial charge < -0.3 is 14.8 Å². The number of hydrogen-bond donors (Lipinski definition) is 1. The first-order valence-electron chi connectivity index (χ1n) is 13.4. The number of hydrogen-bond acceptors (Lipinski definition) is 9. The summed E-state index contributed by atoms with van der Waals surface area (Å²) in [5, 5.41) is 2.69. The molecule has 0 aromatic carbocycles. The Balaban J connectivity index is 1.20. The van der Waals surface area contributed by atoms with Gasteiger partial charge in [-0.25, -0.2) is 28.5 Å². The quantitative estimate of drug-likeness (QED) is 0.329. The number of aryl methyl sites for hydroxylation is 1. The molecule has 2 fully saturated rings. The van der Waals surface area contributed by atoms with Crippen molar-refractivity contribution in [1.82, 2.24) is 33.6 Å². The minimum absolute atomic E-state index is 0.00803. The number of halogens is 2. The van der Waals surface area contributed by atoms with Gasteiger partial charge in [0, 0.05) is 38.3 Å². The molecule has 0 bridgehead atoms. The van der Waals surface area contributed by atoms with Gasteiger partial charge >= 0.3 is 5.69 Å². The summed E-state index contributed by atoms with van der Waals surface area (Å²) in [6.45, 7) is 3.36. The van der Waals surface area contributed by atoms with Crippen LogP contribution in [0.5, 0.6) is 0 Å². The number of pyridine rings is 1. The van der Waals surface area contributed by atoms with Gasteiger partial charge in [-0.05, 0) is 19.1 Å². The zero-order chi connectivity index (χ0) is 29.9. The fourth-order valence-corrected chi connectivity index (χ4v) is 5.35. The molecule has 1 amide bonds. The number of rotatable bonds is 8. The highest BCUT2D eigenvalue weighted by molar-refractivity contribution is 5.93. The fourth-order valence-electron chi connectivity index (χ4n) is 5.35. The number of nitrogens with zero attached hydrogens (tertiary/aromatic N) is 8. The van der Waals surface area contributed by atoms with E-state index in [-0.39, 0.29) is 48.8 Å². The number of Topliss-reactive ketones (excluding diaryl/α,β-unsaturated/α-hetero) is 1. The number of aromatic nitrogens is 7. The van der Waals surface area contributed by atoms with Crippen molar-refractivity contribution in [3.8, 4) is 11.3 Å². The zero-order valence-corrected chi connectivity index (χ0v) is 23.0. The monoisotopic (exact) mass is 579 g/mol. The third-order valence-electron chi connectivity index (χ3n) is 8.04. The van der Waals surface area contributed by atoms with Crippen molar-refractivity contribution in [3.63, 3.8) is 0 Å². The number of imidazole rings is 1. The fraction of sp³-hybridized carbons (Fsp3) is 0.407. The summed E-state index contributed by atoms with van der Waals surface area (Å²) in [5.41, 5.74) is -0.249. The van der Waals surface area contributed by atoms with Gasteiger partial charge in [0.05, 0.1) is 42.8 Å². The Kier molecular flexibility index (Phi) is 6.46. The molecule has 2 aliphatic rings. The average molecular weight is 580 g/mol. The van der Waals surface area contributed by atoms with Crippen LogP contribution in [0.15, 0.2) is 46.6 Å². The summed E-state index contributed by atoms with van der Waals surface area (Å²) in [5.74, 6) is -3.83. The summed E-state index contributed by atoms with van der Waals surface area (Å²) >= 11 is 0. The Hall–Kier alpha value is -4.82. The second-order valence-electron chi connectivity index (χ2n) is 10.6. The SMILES string of the molecule is CCC(=O)Cn1c(=O)c2c(ncn2C(C)C(=O)Nc2cncc(-c3ccc(N4CC5C(C4)C5(F)F)nc3)n2)n(C)c1=O. The first-order chi connectivity index (χ1) is 20.0. The number of piperidine rings is 1. The molecule has 4 aromatic heterocycles. The Morgan fingerprint density at radius 2 is 1.86 bits per heavy atom. The van der Waals surface area contributed by atoms with E-state index in [0.29, 0.717) is 17.1 Å². The van der Waals surface area contributed by atoms with E-state index in [2.05, 4.69) is 25.3 Å². The zero-order valence-electron chi connectivity index (χ0n) is 23.0. The Morgan fingerprint density at radius 1 is 1.12 bits per heavy atom. The van der Waals surface area contributed by atoms with E-state index in [9.17, 15) is 28.0 Å². The van der Waals surface area contributed by atoms with E-state index in [1.807, 2.05) is 4.90 Å². The molecule has 1 saturated heterocycles. The summed E-state index contributed by atoms with van der Waals surface area (Å²) in [4.78, 5) is 70.1. The van der Waals surface area contributed by atoms with Crippen LogP contribution in [0.2, 0.25) is 0 Å². The van der Waals surface area contributed by atoms with Crippen molar-refractivity contribution in [2.24, 2.45) is 18.9 Å². The van der Waals surface area contributed by atoms with E-state index >= 15 is 0 Å². The molecule has 1 aliphatic heterocycles. The lowest BCUT2D eigenvalue weighted by Gasteiger charge is -2.20. The number of carbonyl (C=O) groups is 2. The largest absolute Gasteiger partial charge is 0.356 e. The number of fused-ring (bicyclic) bond motifs is 2. The van der Waals surface area contributed by atoms with Crippen LogP contribution in [-0.4, -0.2) is 64.3 Å². The first kappa shape index (κ1) is 27.4. The lowest BCUT2D eigenvalue weighted by atomic mass is 10.2. The predicted octanol–water partition coefficient (Wildman–Crippen LogP) is 1.63. The van der Waals surface area contributed by atoms with Crippen LogP contribution in [0, 0.1) is 11.8 Å². The van der Waals surface area contributed by atoms with E-state index in [4.69, 9.17) is 0 Å².